The smallest absolute Gasteiger partial charge is 0.0616 e. The normalized spacial score (nSPS) is 34.0. The average molecular weight is 256 g/mol. The summed E-state index contributed by atoms with van der Waals surface area (Å²) in [5.41, 5.74) is 0.00103. The van der Waals surface area contributed by atoms with Crippen molar-refractivity contribution in [2.24, 2.45) is 5.92 Å². The maximum Gasteiger partial charge on any atom is 0.0616 e. The highest BCUT2D eigenvalue weighted by molar-refractivity contribution is 4.98. The molecule has 2 N–H and O–H groups in total. The van der Waals surface area contributed by atoms with Crippen molar-refractivity contribution in [2.45, 2.75) is 38.1 Å². The summed E-state index contributed by atoms with van der Waals surface area (Å²) in [5.74, 6) is 0.630. The molecule has 106 valence electrons. The molecular formula is C14H28N2O2. The van der Waals surface area contributed by atoms with Crippen molar-refractivity contribution >= 4 is 0 Å². The van der Waals surface area contributed by atoms with E-state index in [1.54, 1.807) is 0 Å². The van der Waals surface area contributed by atoms with E-state index in [1.807, 2.05) is 0 Å². The zero-order valence-corrected chi connectivity index (χ0v) is 11.7. The molecule has 0 aromatic heterocycles. The molecule has 2 rings (SSSR count). The minimum Gasteiger partial charge on any atom is -0.394 e. The average Bonchev–Trinajstić information content (AvgIpc) is 2.81. The SMILES string of the molecule is CCNC1(CO)CCCC1CCN1CCOCC1. The summed E-state index contributed by atoms with van der Waals surface area (Å²) >= 11 is 0. The zero-order chi connectivity index (χ0) is 12.8. The van der Waals surface area contributed by atoms with Crippen LogP contribution >= 0.6 is 0 Å². The molecule has 2 unspecified atom stereocenters. The Morgan fingerprint density at radius 1 is 1.39 bits per heavy atom. The van der Waals surface area contributed by atoms with E-state index in [0.29, 0.717) is 5.92 Å². The van der Waals surface area contributed by atoms with Crippen LogP contribution in [0.5, 0.6) is 0 Å². The fraction of sp³-hybridized carbons (Fsp3) is 1.00. The van der Waals surface area contributed by atoms with E-state index >= 15 is 0 Å². The van der Waals surface area contributed by atoms with Crippen LogP contribution in [0.3, 0.4) is 0 Å². The van der Waals surface area contributed by atoms with Crippen molar-refractivity contribution in [1.82, 2.24) is 10.2 Å². The van der Waals surface area contributed by atoms with Crippen LogP contribution in [0.25, 0.3) is 0 Å². The van der Waals surface area contributed by atoms with E-state index < -0.39 is 0 Å². The molecule has 2 fully saturated rings. The Morgan fingerprint density at radius 3 is 2.83 bits per heavy atom. The summed E-state index contributed by atoms with van der Waals surface area (Å²) in [4.78, 5) is 2.50. The van der Waals surface area contributed by atoms with Gasteiger partial charge in [-0.15, -0.1) is 0 Å². The summed E-state index contributed by atoms with van der Waals surface area (Å²) in [5, 5.41) is 13.3. The topological polar surface area (TPSA) is 44.7 Å². The van der Waals surface area contributed by atoms with Gasteiger partial charge in [0.2, 0.25) is 0 Å². The van der Waals surface area contributed by atoms with E-state index in [-0.39, 0.29) is 12.1 Å². The Kier molecular flexibility index (Phi) is 5.42. The molecule has 2 aliphatic rings. The van der Waals surface area contributed by atoms with Gasteiger partial charge < -0.3 is 15.2 Å². The highest BCUT2D eigenvalue weighted by atomic mass is 16.5. The van der Waals surface area contributed by atoms with Gasteiger partial charge in [-0.05, 0) is 38.3 Å². The van der Waals surface area contributed by atoms with Crippen molar-refractivity contribution in [1.29, 1.82) is 0 Å². The molecule has 1 heterocycles. The van der Waals surface area contributed by atoms with Gasteiger partial charge in [0, 0.05) is 18.6 Å². The number of ether oxygens (including phenoxy) is 1. The minimum absolute atomic E-state index is 0.00103. The van der Waals surface area contributed by atoms with E-state index in [2.05, 4.69) is 17.1 Å². The van der Waals surface area contributed by atoms with Gasteiger partial charge in [-0.1, -0.05) is 13.3 Å². The summed E-state index contributed by atoms with van der Waals surface area (Å²) < 4.78 is 5.38. The van der Waals surface area contributed by atoms with Crippen LogP contribution in [0.2, 0.25) is 0 Å². The highest BCUT2D eigenvalue weighted by Crippen LogP contribution is 2.37. The standard InChI is InChI=1S/C14H28N2O2/c1-2-15-14(12-17)6-3-4-13(14)5-7-16-8-10-18-11-9-16/h13,15,17H,2-12H2,1H3. The number of nitrogens with one attached hydrogen (secondary N) is 1. The first-order chi connectivity index (χ1) is 8.80. The number of hydrogen-bond donors (Lipinski definition) is 2. The Balaban J connectivity index is 1.82. The maximum absolute atomic E-state index is 9.76. The third-order valence-corrected chi connectivity index (χ3v) is 4.67. The molecular weight excluding hydrogens is 228 g/mol. The van der Waals surface area contributed by atoms with Crippen LogP contribution in [0.4, 0.5) is 0 Å². The minimum atomic E-state index is 0.00103. The molecule has 0 aromatic rings. The van der Waals surface area contributed by atoms with E-state index in [0.717, 1.165) is 45.8 Å². The van der Waals surface area contributed by atoms with Gasteiger partial charge in [0.1, 0.15) is 0 Å². The quantitative estimate of drug-likeness (QED) is 0.739. The zero-order valence-electron chi connectivity index (χ0n) is 11.7. The molecule has 18 heavy (non-hydrogen) atoms. The number of rotatable bonds is 6. The Hall–Kier alpha value is -0.160. The summed E-state index contributed by atoms with van der Waals surface area (Å²) in [7, 11) is 0. The number of likely N-dealkylation sites (N-methyl/N-ethyl adjacent to an activating group) is 1. The van der Waals surface area contributed by atoms with Crippen LogP contribution < -0.4 is 5.32 Å². The summed E-state index contributed by atoms with van der Waals surface area (Å²) in [6.07, 6.45) is 4.85. The lowest BCUT2D eigenvalue weighted by Crippen LogP contribution is -2.52. The first kappa shape index (κ1) is 14.3. The van der Waals surface area contributed by atoms with Crippen molar-refractivity contribution < 1.29 is 9.84 Å². The van der Waals surface area contributed by atoms with Gasteiger partial charge in [-0.2, -0.15) is 0 Å². The Labute approximate surface area is 111 Å². The largest absolute Gasteiger partial charge is 0.394 e. The number of morpholine rings is 1. The lowest BCUT2D eigenvalue weighted by Gasteiger charge is -2.36. The summed E-state index contributed by atoms with van der Waals surface area (Å²) in [6, 6.07) is 0. The second-order valence-corrected chi connectivity index (χ2v) is 5.68. The molecule has 0 spiro atoms. The van der Waals surface area contributed by atoms with Crippen molar-refractivity contribution in [3.63, 3.8) is 0 Å². The third kappa shape index (κ3) is 3.23. The fourth-order valence-corrected chi connectivity index (χ4v) is 3.58. The first-order valence-corrected chi connectivity index (χ1v) is 7.47. The Bertz CT molecular complexity index is 244. The molecule has 1 aliphatic carbocycles. The van der Waals surface area contributed by atoms with Crippen molar-refractivity contribution in [3.05, 3.63) is 0 Å². The fourth-order valence-electron chi connectivity index (χ4n) is 3.58. The lowest BCUT2D eigenvalue weighted by atomic mass is 9.85. The first-order valence-electron chi connectivity index (χ1n) is 7.47. The predicted molar refractivity (Wildman–Crippen MR) is 72.7 cm³/mol. The molecule has 4 nitrogen and oxygen atoms in total. The molecule has 0 radical (unpaired) electrons. The van der Waals surface area contributed by atoms with Gasteiger partial charge in [0.05, 0.1) is 19.8 Å². The van der Waals surface area contributed by atoms with Crippen LogP contribution in [0.1, 0.15) is 32.6 Å². The third-order valence-electron chi connectivity index (χ3n) is 4.67. The number of aliphatic hydroxyl groups is 1. The lowest BCUT2D eigenvalue weighted by molar-refractivity contribution is 0.0312. The monoisotopic (exact) mass is 256 g/mol. The predicted octanol–water partition coefficient (Wildman–Crippen LogP) is 0.849. The molecule has 4 heteroatoms. The van der Waals surface area contributed by atoms with Crippen LogP contribution in [-0.2, 0) is 4.74 Å². The molecule has 1 aliphatic heterocycles. The van der Waals surface area contributed by atoms with Gasteiger partial charge in [-0.3, -0.25) is 4.90 Å². The number of hydrogen-bond acceptors (Lipinski definition) is 4. The molecule has 2 atom stereocenters. The molecule has 1 saturated carbocycles. The van der Waals surface area contributed by atoms with Gasteiger partial charge in [-0.25, -0.2) is 0 Å². The highest BCUT2D eigenvalue weighted by Gasteiger charge is 2.41. The van der Waals surface area contributed by atoms with E-state index in [9.17, 15) is 5.11 Å². The van der Waals surface area contributed by atoms with Crippen LogP contribution in [-0.4, -0.2) is 61.5 Å². The van der Waals surface area contributed by atoms with E-state index in [4.69, 9.17) is 4.74 Å². The van der Waals surface area contributed by atoms with Gasteiger partial charge >= 0.3 is 0 Å². The molecule has 0 bridgehead atoms. The van der Waals surface area contributed by atoms with Crippen LogP contribution in [0.15, 0.2) is 0 Å². The molecule has 1 saturated heterocycles. The van der Waals surface area contributed by atoms with E-state index in [1.165, 1.54) is 19.3 Å². The number of aliphatic hydroxyl groups excluding tert-OH is 1. The second kappa shape index (κ2) is 6.85. The second-order valence-electron chi connectivity index (χ2n) is 5.68. The van der Waals surface area contributed by atoms with Crippen molar-refractivity contribution in [3.8, 4) is 0 Å². The molecule has 0 amide bonds. The van der Waals surface area contributed by atoms with Gasteiger partial charge in [0.15, 0.2) is 0 Å². The molecule has 0 aromatic carbocycles. The maximum atomic E-state index is 9.76. The summed E-state index contributed by atoms with van der Waals surface area (Å²) in [6.45, 7) is 8.42. The number of nitrogens with zero attached hydrogens (tertiary/aromatic N) is 1. The Morgan fingerprint density at radius 2 is 2.17 bits per heavy atom. The van der Waals surface area contributed by atoms with Crippen molar-refractivity contribution in [2.75, 3.05) is 46.0 Å². The van der Waals surface area contributed by atoms with Crippen LogP contribution in [0, 0.1) is 5.92 Å². The van der Waals surface area contributed by atoms with Gasteiger partial charge in [0.25, 0.3) is 0 Å².